The quantitative estimate of drug-likeness (QED) is 0.680. The average molecular weight is 270 g/mol. The van der Waals surface area contributed by atoms with E-state index in [4.69, 9.17) is 16.3 Å². The average Bonchev–Trinajstić information content (AvgIpc) is 2.58. The summed E-state index contributed by atoms with van der Waals surface area (Å²) in [5, 5.41) is 0.220. The molecule has 0 fully saturated rings. The van der Waals surface area contributed by atoms with Crippen LogP contribution < -0.4 is 0 Å². The number of ether oxygens (including phenoxy) is 1. The van der Waals surface area contributed by atoms with E-state index in [-0.39, 0.29) is 11.4 Å². The van der Waals surface area contributed by atoms with Gasteiger partial charge in [0, 0.05) is 11.3 Å². The first-order chi connectivity index (χ1) is 8.26. The summed E-state index contributed by atoms with van der Waals surface area (Å²) in [5.74, 6) is 0. The van der Waals surface area contributed by atoms with E-state index < -0.39 is 5.60 Å². The first-order valence-corrected chi connectivity index (χ1v) is 6.14. The smallest absolute Gasteiger partial charge is 0.410 e. The molecule has 0 saturated heterocycles. The summed E-state index contributed by atoms with van der Waals surface area (Å²) in [6, 6.07) is 0. The van der Waals surface area contributed by atoms with Crippen LogP contribution >= 0.6 is 11.6 Å². The van der Waals surface area contributed by atoms with Crippen LogP contribution in [0.15, 0.2) is 0 Å². The zero-order chi connectivity index (χ0) is 13.5. The summed E-state index contributed by atoms with van der Waals surface area (Å²) in [4.78, 5) is 21.8. The third-order valence-corrected chi connectivity index (χ3v) is 2.78. The molecule has 6 heteroatoms. The molecule has 5 nitrogen and oxygen atoms in total. The highest BCUT2D eigenvalue weighted by Gasteiger charge is 2.30. The molecular weight excluding hydrogens is 254 g/mol. The van der Waals surface area contributed by atoms with E-state index in [1.165, 1.54) is 0 Å². The largest absolute Gasteiger partial charge is 0.444 e. The van der Waals surface area contributed by atoms with Gasteiger partial charge >= 0.3 is 6.09 Å². The minimum atomic E-state index is -0.496. The van der Waals surface area contributed by atoms with Crippen molar-refractivity contribution in [2.75, 3.05) is 0 Å². The van der Waals surface area contributed by atoms with Gasteiger partial charge in [0.15, 0.2) is 0 Å². The van der Waals surface area contributed by atoms with Gasteiger partial charge in [-0.1, -0.05) is 0 Å². The van der Waals surface area contributed by atoms with Crippen LogP contribution in [0.25, 0.3) is 0 Å². The first-order valence-electron chi connectivity index (χ1n) is 5.76. The van der Waals surface area contributed by atoms with Gasteiger partial charge in [0.05, 0.1) is 18.8 Å². The van der Waals surface area contributed by atoms with E-state index >= 15 is 0 Å². The van der Waals surface area contributed by atoms with E-state index in [0.717, 1.165) is 17.0 Å². The highest BCUT2D eigenvalue weighted by molar-refractivity contribution is 6.28. The van der Waals surface area contributed by atoms with Crippen molar-refractivity contribution in [1.29, 1.82) is 0 Å². The maximum absolute atomic E-state index is 11.9. The highest BCUT2D eigenvalue weighted by Crippen LogP contribution is 2.25. The molecule has 18 heavy (non-hydrogen) atoms. The van der Waals surface area contributed by atoms with E-state index in [2.05, 4.69) is 9.97 Å². The Morgan fingerprint density at radius 2 is 2.00 bits per heavy atom. The molecule has 0 unspecified atom stereocenters. The molecular formula is C12H16ClN3O2. The Morgan fingerprint density at radius 1 is 1.33 bits per heavy atom. The van der Waals surface area contributed by atoms with E-state index in [0.29, 0.717) is 13.1 Å². The van der Waals surface area contributed by atoms with Crippen LogP contribution in [-0.4, -0.2) is 26.6 Å². The summed E-state index contributed by atoms with van der Waals surface area (Å²) in [7, 11) is 0. The fraction of sp³-hybridized carbons (Fsp3) is 0.583. The normalized spacial score (nSPS) is 14.6. The lowest BCUT2D eigenvalue weighted by Gasteiger charge is -2.23. The number of halogens is 1. The number of nitrogens with zero attached hydrogens (tertiary/aromatic N) is 3. The predicted octanol–water partition coefficient (Wildman–Crippen LogP) is 2.69. The molecule has 1 aliphatic rings. The van der Waals surface area contributed by atoms with Gasteiger partial charge in [-0.05, 0) is 39.3 Å². The Balaban J connectivity index is 2.15. The minimum absolute atomic E-state index is 0.220. The number of aromatic nitrogens is 2. The molecule has 2 rings (SSSR count). The molecule has 0 bridgehead atoms. The van der Waals surface area contributed by atoms with Crippen molar-refractivity contribution in [2.24, 2.45) is 0 Å². The second-order valence-corrected chi connectivity index (χ2v) is 5.68. The SMILES string of the molecule is Cc1nc(Cl)nc2c1CN(C(=O)OC(C)(C)C)C2. The van der Waals surface area contributed by atoms with Crippen molar-refractivity contribution < 1.29 is 9.53 Å². The number of fused-ring (bicyclic) bond motifs is 1. The number of hydrogen-bond acceptors (Lipinski definition) is 4. The van der Waals surface area contributed by atoms with Gasteiger partial charge in [0.1, 0.15) is 5.60 Å². The van der Waals surface area contributed by atoms with E-state index in [1.807, 2.05) is 27.7 Å². The van der Waals surface area contributed by atoms with Crippen LogP contribution in [-0.2, 0) is 17.8 Å². The van der Waals surface area contributed by atoms with Crippen molar-refractivity contribution in [3.63, 3.8) is 0 Å². The van der Waals surface area contributed by atoms with Crippen LogP contribution in [0.2, 0.25) is 5.28 Å². The van der Waals surface area contributed by atoms with Crippen LogP contribution in [0.1, 0.15) is 37.7 Å². The van der Waals surface area contributed by atoms with E-state index in [9.17, 15) is 4.79 Å². The van der Waals surface area contributed by atoms with Crippen LogP contribution in [0.3, 0.4) is 0 Å². The number of carbonyl (C=O) groups excluding carboxylic acids is 1. The van der Waals surface area contributed by atoms with Crippen molar-refractivity contribution >= 4 is 17.7 Å². The number of amides is 1. The third kappa shape index (κ3) is 2.72. The molecule has 0 aliphatic carbocycles. The van der Waals surface area contributed by atoms with Crippen LogP contribution in [0.5, 0.6) is 0 Å². The van der Waals surface area contributed by atoms with Crippen LogP contribution in [0.4, 0.5) is 4.79 Å². The second kappa shape index (κ2) is 4.39. The number of aryl methyl sites for hydroxylation is 1. The second-order valence-electron chi connectivity index (χ2n) is 5.34. The summed E-state index contributed by atoms with van der Waals surface area (Å²) < 4.78 is 5.33. The first kappa shape index (κ1) is 13.1. The predicted molar refractivity (Wildman–Crippen MR) is 67.3 cm³/mol. The van der Waals surface area contributed by atoms with Gasteiger partial charge in [-0.2, -0.15) is 0 Å². The van der Waals surface area contributed by atoms with Gasteiger partial charge in [-0.15, -0.1) is 0 Å². The fourth-order valence-electron chi connectivity index (χ4n) is 1.84. The highest BCUT2D eigenvalue weighted by atomic mass is 35.5. The Bertz CT molecular complexity index is 497. The lowest BCUT2D eigenvalue weighted by atomic mass is 10.2. The van der Waals surface area contributed by atoms with Crippen molar-refractivity contribution in [3.8, 4) is 0 Å². The standard InChI is InChI=1S/C12H16ClN3O2/c1-7-8-5-16(11(17)18-12(2,3)4)6-9(8)15-10(13)14-7/h5-6H2,1-4H3. The zero-order valence-corrected chi connectivity index (χ0v) is 11.7. The molecule has 1 amide bonds. The minimum Gasteiger partial charge on any atom is -0.444 e. The third-order valence-electron chi connectivity index (χ3n) is 2.61. The Kier molecular flexibility index (Phi) is 3.19. The van der Waals surface area contributed by atoms with Crippen molar-refractivity contribution in [3.05, 3.63) is 22.2 Å². The lowest BCUT2D eigenvalue weighted by Crippen LogP contribution is -2.33. The van der Waals surface area contributed by atoms with Gasteiger partial charge < -0.3 is 4.74 Å². The molecule has 0 spiro atoms. The molecule has 1 aliphatic heterocycles. The van der Waals surface area contributed by atoms with Crippen molar-refractivity contribution in [1.82, 2.24) is 14.9 Å². The van der Waals surface area contributed by atoms with E-state index in [1.54, 1.807) is 4.90 Å². The van der Waals surface area contributed by atoms with Gasteiger partial charge in [0.2, 0.25) is 5.28 Å². The number of hydrogen-bond donors (Lipinski definition) is 0. The molecule has 1 aromatic rings. The zero-order valence-electron chi connectivity index (χ0n) is 11.0. The molecule has 0 aromatic carbocycles. The molecule has 0 radical (unpaired) electrons. The van der Waals surface area contributed by atoms with Gasteiger partial charge in [-0.3, -0.25) is 4.90 Å². The summed E-state index contributed by atoms with van der Waals surface area (Å²) >= 11 is 5.81. The summed E-state index contributed by atoms with van der Waals surface area (Å²) in [6.07, 6.45) is -0.337. The fourth-order valence-corrected chi connectivity index (χ4v) is 2.07. The summed E-state index contributed by atoms with van der Waals surface area (Å²) in [6.45, 7) is 8.30. The summed E-state index contributed by atoms with van der Waals surface area (Å²) in [5.41, 5.74) is 2.09. The monoisotopic (exact) mass is 269 g/mol. The maximum atomic E-state index is 11.9. The molecule has 1 aromatic heterocycles. The molecule has 0 atom stereocenters. The lowest BCUT2D eigenvalue weighted by molar-refractivity contribution is 0.0240. The maximum Gasteiger partial charge on any atom is 0.410 e. The Hall–Kier alpha value is -1.36. The Labute approximate surface area is 111 Å². The number of carbonyl (C=O) groups is 1. The molecule has 0 saturated carbocycles. The number of rotatable bonds is 0. The molecule has 98 valence electrons. The topological polar surface area (TPSA) is 55.3 Å². The van der Waals surface area contributed by atoms with Gasteiger partial charge in [-0.25, -0.2) is 14.8 Å². The Morgan fingerprint density at radius 3 is 2.61 bits per heavy atom. The van der Waals surface area contributed by atoms with Gasteiger partial charge in [0.25, 0.3) is 0 Å². The molecule has 0 N–H and O–H groups in total. The molecule has 2 heterocycles. The van der Waals surface area contributed by atoms with Crippen molar-refractivity contribution in [2.45, 2.75) is 46.4 Å². The van der Waals surface area contributed by atoms with Crippen LogP contribution in [0, 0.1) is 6.92 Å².